The Morgan fingerprint density at radius 3 is 2.28 bits per heavy atom. The molecule has 2 amide bonds. The molecule has 3 aliphatic rings. The first-order valence-corrected chi connectivity index (χ1v) is 11.8. The number of benzene rings is 2. The minimum atomic E-state index is -0.273. The van der Waals surface area contributed by atoms with Gasteiger partial charge < -0.3 is 19.1 Å². The normalized spacial score (nSPS) is 13.7. The molecule has 0 N–H and O–H groups in total. The highest BCUT2D eigenvalue weighted by atomic mass is 16.5. The summed E-state index contributed by atoms with van der Waals surface area (Å²) in [5.74, 6) is 0.321. The van der Waals surface area contributed by atoms with E-state index >= 15 is 0 Å². The van der Waals surface area contributed by atoms with E-state index < -0.39 is 0 Å². The van der Waals surface area contributed by atoms with Crippen molar-refractivity contribution in [2.75, 3.05) is 32.8 Å². The molecule has 0 unspecified atom stereocenters. The predicted molar refractivity (Wildman–Crippen MR) is 135 cm³/mol. The number of ether oxygens (including phenoxy) is 1. The summed E-state index contributed by atoms with van der Waals surface area (Å²) >= 11 is 0. The summed E-state index contributed by atoms with van der Waals surface area (Å²) in [6.07, 6.45) is 3.38. The van der Waals surface area contributed by atoms with Crippen molar-refractivity contribution in [2.45, 2.75) is 6.92 Å². The van der Waals surface area contributed by atoms with E-state index in [0.29, 0.717) is 54.4 Å². The Morgan fingerprint density at radius 2 is 1.58 bits per heavy atom. The quantitative estimate of drug-likeness (QED) is 0.433. The molecule has 0 atom stereocenters. The third-order valence-corrected chi connectivity index (χ3v) is 6.33. The molecule has 9 heteroatoms. The summed E-state index contributed by atoms with van der Waals surface area (Å²) in [6.45, 7) is 3.54. The first-order valence-electron chi connectivity index (χ1n) is 11.8. The molecular weight excluding hydrogens is 458 g/mol. The molecule has 0 spiro atoms. The molecule has 3 aliphatic heterocycles. The molecule has 36 heavy (non-hydrogen) atoms. The maximum Gasteiger partial charge on any atom is 0.282 e. The smallest absolute Gasteiger partial charge is 0.282 e. The van der Waals surface area contributed by atoms with Crippen LogP contribution in [0.1, 0.15) is 15.9 Å². The third-order valence-electron chi connectivity index (χ3n) is 6.33. The molecule has 0 saturated carbocycles. The molecule has 5 rings (SSSR count). The van der Waals surface area contributed by atoms with E-state index in [1.807, 2.05) is 49.4 Å². The Kier molecular flexibility index (Phi) is 6.28. The molecule has 3 heterocycles. The fraction of sp³-hybridized carbons (Fsp3) is 0.259. The summed E-state index contributed by atoms with van der Waals surface area (Å²) in [5.41, 5.74) is 2.61. The van der Waals surface area contributed by atoms with Crippen molar-refractivity contribution < 1.29 is 14.3 Å². The minimum absolute atomic E-state index is 0.0463. The molecule has 9 nitrogen and oxygen atoms in total. The number of rotatable bonds is 5. The second-order valence-corrected chi connectivity index (χ2v) is 8.93. The Hall–Kier alpha value is -4.40. The molecule has 1 fully saturated rings. The Balaban J connectivity index is 1.28. The van der Waals surface area contributed by atoms with Gasteiger partial charge in [-0.05, 0) is 31.2 Å². The zero-order chi connectivity index (χ0) is 25.2. The van der Waals surface area contributed by atoms with Gasteiger partial charge in [-0.25, -0.2) is 0 Å². The Bertz CT molecular complexity index is 1420. The summed E-state index contributed by atoms with van der Waals surface area (Å²) in [6, 6.07) is 16.7. The molecule has 0 aliphatic carbocycles. The van der Waals surface area contributed by atoms with Crippen molar-refractivity contribution in [1.82, 2.24) is 24.1 Å². The number of carbonyl (C=O) groups is 2. The van der Waals surface area contributed by atoms with Crippen LogP contribution in [0.2, 0.25) is 0 Å². The topological polar surface area (TPSA) is 89.7 Å². The van der Waals surface area contributed by atoms with Crippen LogP contribution in [0, 0.1) is 6.92 Å². The van der Waals surface area contributed by atoms with Crippen LogP contribution in [-0.2, 0) is 11.8 Å². The summed E-state index contributed by atoms with van der Waals surface area (Å²) in [4.78, 5) is 42.5. The molecule has 0 aromatic heterocycles. The molecule has 0 bridgehead atoms. The summed E-state index contributed by atoms with van der Waals surface area (Å²) < 4.78 is 8.65. The highest BCUT2D eigenvalue weighted by Gasteiger charge is 2.30. The number of piperazine rings is 1. The van der Waals surface area contributed by atoms with E-state index in [-0.39, 0.29) is 24.0 Å². The van der Waals surface area contributed by atoms with Gasteiger partial charge in [-0.3, -0.25) is 14.4 Å². The van der Waals surface area contributed by atoms with Gasteiger partial charge in [0.1, 0.15) is 11.4 Å². The SMILES string of the molecule is Cc1ccc(OCC(=O)N2CCN(C(=O)c3cn(C)cc4c(=O)n(-c5ccccc5)nc3-4)CC2)cc1. The van der Waals surface area contributed by atoms with Crippen LogP contribution in [-0.4, -0.2) is 68.7 Å². The first-order chi connectivity index (χ1) is 17.4. The van der Waals surface area contributed by atoms with Crippen LogP contribution >= 0.6 is 0 Å². The second-order valence-electron chi connectivity index (χ2n) is 8.93. The van der Waals surface area contributed by atoms with Gasteiger partial charge >= 0.3 is 0 Å². The average Bonchev–Trinajstić information content (AvgIpc) is 3.24. The van der Waals surface area contributed by atoms with Gasteiger partial charge in [0.25, 0.3) is 17.4 Å². The van der Waals surface area contributed by atoms with Crippen molar-refractivity contribution in [3.8, 4) is 22.7 Å². The number of aryl methyl sites for hydroxylation is 2. The van der Waals surface area contributed by atoms with E-state index in [1.165, 1.54) is 4.68 Å². The third kappa shape index (κ3) is 4.59. The van der Waals surface area contributed by atoms with Gasteiger partial charge in [-0.15, -0.1) is 0 Å². The van der Waals surface area contributed by atoms with E-state index in [1.54, 1.807) is 45.9 Å². The lowest BCUT2D eigenvalue weighted by molar-refractivity contribution is -0.134. The van der Waals surface area contributed by atoms with E-state index in [9.17, 15) is 14.4 Å². The summed E-state index contributed by atoms with van der Waals surface area (Å²) in [5, 5.41) is 4.50. The van der Waals surface area contributed by atoms with Gasteiger partial charge in [-0.1, -0.05) is 35.9 Å². The molecule has 2 aromatic carbocycles. The highest BCUT2D eigenvalue weighted by molar-refractivity contribution is 6.00. The fourth-order valence-electron chi connectivity index (χ4n) is 4.34. The van der Waals surface area contributed by atoms with Crippen LogP contribution in [0.3, 0.4) is 0 Å². The van der Waals surface area contributed by atoms with Gasteiger partial charge in [0, 0.05) is 45.6 Å². The number of hydrogen-bond acceptors (Lipinski definition) is 5. The van der Waals surface area contributed by atoms with Gasteiger partial charge in [0.2, 0.25) is 0 Å². The van der Waals surface area contributed by atoms with Gasteiger partial charge in [0.05, 0.1) is 16.8 Å². The van der Waals surface area contributed by atoms with Crippen LogP contribution in [0.15, 0.2) is 71.8 Å². The van der Waals surface area contributed by atoms with Gasteiger partial charge in [-0.2, -0.15) is 9.78 Å². The Morgan fingerprint density at radius 1 is 0.917 bits per heavy atom. The van der Waals surface area contributed by atoms with Crippen molar-refractivity contribution in [2.24, 2.45) is 7.05 Å². The number of amides is 2. The van der Waals surface area contributed by atoms with Crippen LogP contribution < -0.4 is 10.3 Å². The maximum absolute atomic E-state index is 13.5. The number of nitrogens with zero attached hydrogens (tertiary/aromatic N) is 5. The zero-order valence-corrected chi connectivity index (χ0v) is 20.3. The lowest BCUT2D eigenvalue weighted by Gasteiger charge is -2.35. The van der Waals surface area contributed by atoms with E-state index in [2.05, 4.69) is 5.10 Å². The standard InChI is InChI=1S/C27H27N5O4/c1-19-8-10-21(11-9-19)36-18-24(33)30-12-14-31(15-13-30)26(34)22-16-29(2)17-23-25(22)28-32(27(23)35)20-6-4-3-5-7-20/h3-11,16-17H,12-15,18H2,1-2H3. The minimum Gasteiger partial charge on any atom is -0.484 e. The van der Waals surface area contributed by atoms with E-state index in [0.717, 1.165) is 5.56 Å². The number of fused-ring (bicyclic) bond motifs is 1. The molecule has 1 saturated heterocycles. The number of aromatic nitrogens is 3. The lowest BCUT2D eigenvalue weighted by Crippen LogP contribution is -2.51. The zero-order valence-electron chi connectivity index (χ0n) is 20.3. The van der Waals surface area contributed by atoms with Crippen LogP contribution in [0.5, 0.6) is 5.75 Å². The number of pyridine rings is 1. The molecule has 184 valence electrons. The first kappa shape index (κ1) is 23.3. The van der Waals surface area contributed by atoms with Crippen molar-refractivity contribution in [1.29, 1.82) is 0 Å². The monoisotopic (exact) mass is 485 g/mol. The Labute approximate surface area is 208 Å². The molecule has 2 aromatic rings. The average molecular weight is 486 g/mol. The van der Waals surface area contributed by atoms with E-state index in [4.69, 9.17) is 4.74 Å². The predicted octanol–water partition coefficient (Wildman–Crippen LogP) is 2.35. The lowest BCUT2D eigenvalue weighted by atomic mass is 10.1. The van der Waals surface area contributed by atoms with Crippen molar-refractivity contribution in [3.63, 3.8) is 0 Å². The van der Waals surface area contributed by atoms with Crippen molar-refractivity contribution in [3.05, 3.63) is 88.5 Å². The van der Waals surface area contributed by atoms with Crippen molar-refractivity contribution >= 4 is 11.8 Å². The molecular formula is C27H27N5O4. The number of para-hydroxylation sites is 1. The highest BCUT2D eigenvalue weighted by Crippen LogP contribution is 2.24. The second kappa shape index (κ2) is 9.69. The number of hydrogen-bond donors (Lipinski definition) is 0. The summed E-state index contributed by atoms with van der Waals surface area (Å²) in [7, 11) is 1.78. The number of carbonyl (C=O) groups excluding carboxylic acids is 2. The largest absolute Gasteiger partial charge is 0.484 e. The van der Waals surface area contributed by atoms with Crippen LogP contribution in [0.4, 0.5) is 0 Å². The maximum atomic E-state index is 13.5. The van der Waals surface area contributed by atoms with Gasteiger partial charge in [0.15, 0.2) is 6.61 Å². The molecule has 0 radical (unpaired) electrons. The fourth-order valence-corrected chi connectivity index (χ4v) is 4.34. The van der Waals surface area contributed by atoms with Crippen LogP contribution in [0.25, 0.3) is 16.9 Å².